The highest BCUT2D eigenvalue weighted by Gasteiger charge is 2.14. The maximum absolute atomic E-state index is 5.84. The molecule has 0 fully saturated rings. The second kappa shape index (κ2) is 4.61. The van der Waals surface area contributed by atoms with Crippen molar-refractivity contribution in [1.82, 2.24) is 0 Å². The third-order valence-electron chi connectivity index (χ3n) is 2.82. The van der Waals surface area contributed by atoms with Crippen LogP contribution in [0, 0.1) is 0 Å². The maximum Gasteiger partial charge on any atom is 0.231 e. The number of rotatable bonds is 2. The Morgan fingerprint density at radius 2 is 2.00 bits per heavy atom. The summed E-state index contributed by atoms with van der Waals surface area (Å²) in [5.74, 6) is 3.20. The van der Waals surface area contributed by atoms with E-state index in [0.29, 0.717) is 0 Å². The Morgan fingerprint density at radius 1 is 1.11 bits per heavy atom. The molecule has 1 aromatic carbocycles. The van der Waals surface area contributed by atoms with Crippen LogP contribution in [0.2, 0.25) is 0 Å². The molecule has 0 radical (unpaired) electrons. The van der Waals surface area contributed by atoms with Gasteiger partial charge in [0.1, 0.15) is 11.5 Å². The van der Waals surface area contributed by atoms with Gasteiger partial charge in [0, 0.05) is 12.5 Å². The highest BCUT2D eigenvalue weighted by Crippen LogP contribution is 2.35. The summed E-state index contributed by atoms with van der Waals surface area (Å²) in [6.07, 6.45) is 9.03. The lowest BCUT2D eigenvalue weighted by atomic mass is 10.3. The average Bonchev–Trinajstić information content (AvgIpc) is 2.74. The van der Waals surface area contributed by atoms with Crippen molar-refractivity contribution in [3.05, 3.63) is 53.8 Å². The van der Waals surface area contributed by atoms with Gasteiger partial charge in [-0.05, 0) is 25.1 Å². The number of fused-ring (bicyclic) bond motifs is 1. The smallest absolute Gasteiger partial charge is 0.231 e. The molecule has 3 rings (SSSR count). The second-order valence-electron chi connectivity index (χ2n) is 4.27. The number of hydrogen-bond acceptors (Lipinski definition) is 3. The minimum atomic E-state index is 0.284. The van der Waals surface area contributed by atoms with E-state index < -0.39 is 0 Å². The highest BCUT2D eigenvalue weighted by molar-refractivity contribution is 5.47. The molecular weight excluding hydrogens is 228 g/mol. The van der Waals surface area contributed by atoms with Gasteiger partial charge in [0.2, 0.25) is 6.79 Å². The van der Waals surface area contributed by atoms with Crippen LogP contribution in [0.3, 0.4) is 0 Å². The van der Waals surface area contributed by atoms with E-state index in [0.717, 1.165) is 29.4 Å². The molecule has 0 saturated carbocycles. The normalized spacial score (nSPS) is 16.9. The SMILES string of the molecule is CC1=CC=C(Oc2ccc3c(c2)OCO3)CC=C1. The van der Waals surface area contributed by atoms with Crippen molar-refractivity contribution in [2.45, 2.75) is 13.3 Å². The standard InChI is InChI=1S/C15H14O3/c1-11-3-2-4-12(6-5-11)18-13-7-8-14-15(9-13)17-10-16-14/h2-3,5-9H,4,10H2,1H3. The van der Waals surface area contributed by atoms with Gasteiger partial charge in [-0.2, -0.15) is 0 Å². The molecule has 3 heteroatoms. The molecule has 0 bridgehead atoms. The fraction of sp³-hybridized carbons (Fsp3) is 0.200. The summed E-state index contributed by atoms with van der Waals surface area (Å²) < 4.78 is 16.4. The fourth-order valence-corrected chi connectivity index (χ4v) is 1.88. The molecule has 0 spiro atoms. The quantitative estimate of drug-likeness (QED) is 0.793. The Balaban J connectivity index is 1.79. The molecule has 1 aromatic rings. The maximum atomic E-state index is 5.84. The van der Waals surface area contributed by atoms with E-state index in [9.17, 15) is 0 Å². The zero-order valence-corrected chi connectivity index (χ0v) is 10.2. The van der Waals surface area contributed by atoms with Crippen molar-refractivity contribution in [1.29, 1.82) is 0 Å². The monoisotopic (exact) mass is 242 g/mol. The van der Waals surface area contributed by atoms with Gasteiger partial charge in [-0.3, -0.25) is 0 Å². The summed E-state index contributed by atoms with van der Waals surface area (Å²) in [6, 6.07) is 5.61. The molecule has 0 amide bonds. The lowest BCUT2D eigenvalue weighted by Gasteiger charge is -2.08. The third-order valence-corrected chi connectivity index (χ3v) is 2.82. The summed E-state index contributed by atoms with van der Waals surface area (Å²) >= 11 is 0. The molecule has 1 aliphatic carbocycles. The molecule has 2 aliphatic rings. The predicted molar refractivity (Wildman–Crippen MR) is 68.8 cm³/mol. The molecule has 3 nitrogen and oxygen atoms in total. The molecule has 0 atom stereocenters. The van der Waals surface area contributed by atoms with Crippen molar-refractivity contribution in [3.63, 3.8) is 0 Å². The first-order chi connectivity index (χ1) is 8.81. The molecule has 1 heterocycles. The predicted octanol–water partition coefficient (Wildman–Crippen LogP) is 3.58. The second-order valence-corrected chi connectivity index (χ2v) is 4.27. The van der Waals surface area contributed by atoms with Gasteiger partial charge in [0.05, 0.1) is 0 Å². The van der Waals surface area contributed by atoms with Gasteiger partial charge in [-0.1, -0.05) is 23.8 Å². The number of hydrogen-bond donors (Lipinski definition) is 0. The Labute approximate surface area is 106 Å². The topological polar surface area (TPSA) is 27.7 Å². The van der Waals surface area contributed by atoms with E-state index in [1.54, 1.807) is 0 Å². The van der Waals surface area contributed by atoms with Crippen molar-refractivity contribution in [2.75, 3.05) is 6.79 Å². The molecular formula is C15H14O3. The van der Waals surface area contributed by atoms with Gasteiger partial charge in [0.25, 0.3) is 0 Å². The summed E-state index contributed by atoms with van der Waals surface area (Å²) in [6.45, 7) is 2.35. The highest BCUT2D eigenvalue weighted by atomic mass is 16.7. The molecule has 0 unspecified atom stereocenters. The van der Waals surface area contributed by atoms with Crippen LogP contribution in [0.5, 0.6) is 17.2 Å². The van der Waals surface area contributed by atoms with Crippen molar-refractivity contribution < 1.29 is 14.2 Å². The lowest BCUT2D eigenvalue weighted by molar-refractivity contribution is 0.174. The van der Waals surface area contributed by atoms with E-state index in [2.05, 4.69) is 19.1 Å². The first kappa shape index (κ1) is 11.0. The number of ether oxygens (including phenoxy) is 3. The minimum Gasteiger partial charge on any atom is -0.461 e. The number of allylic oxidation sites excluding steroid dienone is 5. The van der Waals surface area contributed by atoms with Gasteiger partial charge in [0.15, 0.2) is 11.5 Å². The van der Waals surface area contributed by atoms with E-state index in [1.165, 1.54) is 5.57 Å². The summed E-state index contributed by atoms with van der Waals surface area (Å²) in [5.41, 5.74) is 1.22. The first-order valence-electron chi connectivity index (χ1n) is 5.93. The Morgan fingerprint density at radius 3 is 2.94 bits per heavy atom. The van der Waals surface area contributed by atoms with Gasteiger partial charge < -0.3 is 14.2 Å². The summed E-state index contributed by atoms with van der Waals surface area (Å²) in [5, 5.41) is 0. The molecule has 0 saturated heterocycles. The van der Waals surface area contributed by atoms with Crippen LogP contribution in [0.4, 0.5) is 0 Å². The van der Waals surface area contributed by atoms with Crippen molar-refractivity contribution >= 4 is 0 Å². The van der Waals surface area contributed by atoms with Gasteiger partial charge >= 0.3 is 0 Å². The molecule has 0 aromatic heterocycles. The molecule has 92 valence electrons. The van der Waals surface area contributed by atoms with E-state index in [1.807, 2.05) is 30.4 Å². The zero-order chi connectivity index (χ0) is 12.4. The van der Waals surface area contributed by atoms with Gasteiger partial charge in [-0.15, -0.1) is 0 Å². The van der Waals surface area contributed by atoms with Crippen molar-refractivity contribution in [2.24, 2.45) is 0 Å². The summed E-state index contributed by atoms with van der Waals surface area (Å²) in [7, 11) is 0. The third kappa shape index (κ3) is 2.25. The average molecular weight is 242 g/mol. The van der Waals surface area contributed by atoms with Crippen LogP contribution in [-0.4, -0.2) is 6.79 Å². The Kier molecular flexibility index (Phi) is 2.81. The Bertz CT molecular complexity index is 553. The minimum absolute atomic E-state index is 0.284. The van der Waals surface area contributed by atoms with Crippen LogP contribution in [-0.2, 0) is 0 Å². The number of benzene rings is 1. The van der Waals surface area contributed by atoms with E-state index >= 15 is 0 Å². The zero-order valence-electron chi connectivity index (χ0n) is 10.2. The van der Waals surface area contributed by atoms with E-state index in [4.69, 9.17) is 14.2 Å². The van der Waals surface area contributed by atoms with E-state index in [-0.39, 0.29) is 6.79 Å². The van der Waals surface area contributed by atoms with Crippen molar-refractivity contribution in [3.8, 4) is 17.2 Å². The largest absolute Gasteiger partial charge is 0.461 e. The Hall–Kier alpha value is -2.16. The lowest BCUT2D eigenvalue weighted by Crippen LogP contribution is -1.94. The van der Waals surface area contributed by atoms with Crippen LogP contribution in [0.25, 0.3) is 0 Å². The van der Waals surface area contributed by atoms with Gasteiger partial charge in [-0.25, -0.2) is 0 Å². The van der Waals surface area contributed by atoms with Crippen LogP contribution in [0.15, 0.2) is 53.8 Å². The van der Waals surface area contributed by atoms with Crippen LogP contribution < -0.4 is 14.2 Å². The molecule has 0 N–H and O–H groups in total. The molecule has 1 aliphatic heterocycles. The van der Waals surface area contributed by atoms with Crippen LogP contribution in [0.1, 0.15) is 13.3 Å². The first-order valence-corrected chi connectivity index (χ1v) is 5.93. The fourth-order valence-electron chi connectivity index (χ4n) is 1.88. The van der Waals surface area contributed by atoms with Crippen LogP contribution >= 0.6 is 0 Å². The summed E-state index contributed by atoms with van der Waals surface area (Å²) in [4.78, 5) is 0. The molecule has 18 heavy (non-hydrogen) atoms.